The van der Waals surface area contributed by atoms with E-state index in [9.17, 15) is 9.59 Å². The fourth-order valence-electron chi connectivity index (χ4n) is 1.49. The van der Waals surface area contributed by atoms with Gasteiger partial charge in [0.25, 0.3) is 5.91 Å². The molecule has 0 fully saturated rings. The summed E-state index contributed by atoms with van der Waals surface area (Å²) in [5, 5.41) is 6.51. The zero-order chi connectivity index (χ0) is 13.4. The van der Waals surface area contributed by atoms with Gasteiger partial charge in [-0.2, -0.15) is 5.10 Å². The molecule has 1 aliphatic heterocycles. The molecular weight excluding hydrogens is 234 g/mol. The SMILES string of the molecule is CC(C)OCCCCNC(=O)C1=NNC(=O)CC1. The Bertz CT molecular complexity index is 327. The third kappa shape index (κ3) is 5.77. The molecule has 1 aliphatic rings. The maximum atomic E-state index is 11.6. The summed E-state index contributed by atoms with van der Waals surface area (Å²) in [7, 11) is 0. The maximum Gasteiger partial charge on any atom is 0.267 e. The largest absolute Gasteiger partial charge is 0.379 e. The fourth-order valence-corrected chi connectivity index (χ4v) is 1.49. The Kier molecular flexibility index (Phi) is 6.35. The van der Waals surface area contributed by atoms with Crippen LogP contribution in [0.3, 0.4) is 0 Å². The summed E-state index contributed by atoms with van der Waals surface area (Å²) in [6.07, 6.45) is 2.78. The maximum absolute atomic E-state index is 11.6. The number of carbonyl (C=O) groups is 2. The van der Waals surface area contributed by atoms with E-state index in [4.69, 9.17) is 4.74 Å². The molecular formula is C12H21N3O3. The standard InChI is InChI=1S/C12H21N3O3/c1-9(2)18-8-4-3-7-13-12(17)10-5-6-11(16)15-14-10/h9H,3-8H2,1-2H3,(H,13,17)(H,15,16). The molecule has 0 unspecified atom stereocenters. The summed E-state index contributed by atoms with van der Waals surface area (Å²) in [6, 6.07) is 0. The van der Waals surface area contributed by atoms with Gasteiger partial charge in [0.2, 0.25) is 5.91 Å². The molecule has 0 aromatic heterocycles. The molecule has 0 aliphatic carbocycles. The van der Waals surface area contributed by atoms with Crippen LogP contribution in [0, 0.1) is 0 Å². The van der Waals surface area contributed by atoms with Gasteiger partial charge in [-0.15, -0.1) is 0 Å². The van der Waals surface area contributed by atoms with Crippen LogP contribution in [-0.2, 0) is 14.3 Å². The van der Waals surface area contributed by atoms with Gasteiger partial charge in [-0.25, -0.2) is 5.43 Å². The predicted octanol–water partition coefficient (Wildman–Crippen LogP) is 0.574. The van der Waals surface area contributed by atoms with E-state index in [1.165, 1.54) is 0 Å². The van der Waals surface area contributed by atoms with E-state index >= 15 is 0 Å². The van der Waals surface area contributed by atoms with Crippen molar-refractivity contribution in [1.29, 1.82) is 0 Å². The predicted molar refractivity (Wildman–Crippen MR) is 68.1 cm³/mol. The summed E-state index contributed by atoms with van der Waals surface area (Å²) in [5.41, 5.74) is 2.70. The number of carbonyl (C=O) groups excluding carboxylic acids is 2. The minimum Gasteiger partial charge on any atom is -0.379 e. The molecule has 0 aromatic carbocycles. The van der Waals surface area contributed by atoms with Gasteiger partial charge in [-0.05, 0) is 26.7 Å². The van der Waals surface area contributed by atoms with E-state index in [0.29, 0.717) is 31.7 Å². The van der Waals surface area contributed by atoms with Gasteiger partial charge < -0.3 is 10.1 Å². The first-order valence-corrected chi connectivity index (χ1v) is 6.35. The van der Waals surface area contributed by atoms with E-state index in [1.54, 1.807) is 0 Å². The molecule has 0 saturated heterocycles. The number of ether oxygens (including phenoxy) is 1. The van der Waals surface area contributed by atoms with Crippen LogP contribution in [0.25, 0.3) is 0 Å². The lowest BCUT2D eigenvalue weighted by atomic mass is 10.1. The highest BCUT2D eigenvalue weighted by atomic mass is 16.5. The summed E-state index contributed by atoms with van der Waals surface area (Å²) < 4.78 is 5.39. The summed E-state index contributed by atoms with van der Waals surface area (Å²) in [4.78, 5) is 22.5. The third-order valence-corrected chi connectivity index (χ3v) is 2.47. The Labute approximate surface area is 107 Å². The lowest BCUT2D eigenvalue weighted by Crippen LogP contribution is -2.37. The lowest BCUT2D eigenvalue weighted by molar-refractivity contribution is -0.121. The number of amides is 2. The third-order valence-electron chi connectivity index (χ3n) is 2.47. The number of rotatable bonds is 7. The van der Waals surface area contributed by atoms with Crippen LogP contribution >= 0.6 is 0 Å². The zero-order valence-electron chi connectivity index (χ0n) is 11.0. The van der Waals surface area contributed by atoms with E-state index in [2.05, 4.69) is 15.8 Å². The quantitative estimate of drug-likeness (QED) is 0.653. The molecule has 0 spiro atoms. The minimum absolute atomic E-state index is 0.141. The van der Waals surface area contributed by atoms with Crippen LogP contribution in [0.1, 0.15) is 39.5 Å². The molecule has 0 aromatic rings. The smallest absolute Gasteiger partial charge is 0.267 e. The number of hydrogen-bond donors (Lipinski definition) is 2. The Balaban J connectivity index is 2.08. The molecule has 18 heavy (non-hydrogen) atoms. The van der Waals surface area contributed by atoms with Crippen LogP contribution in [-0.4, -0.2) is 36.8 Å². The number of nitrogens with one attached hydrogen (secondary N) is 2. The monoisotopic (exact) mass is 255 g/mol. The van der Waals surface area contributed by atoms with Crippen molar-refractivity contribution in [3.8, 4) is 0 Å². The van der Waals surface area contributed by atoms with Crippen molar-refractivity contribution >= 4 is 17.5 Å². The van der Waals surface area contributed by atoms with Gasteiger partial charge in [0, 0.05) is 26.0 Å². The van der Waals surface area contributed by atoms with Gasteiger partial charge in [0.1, 0.15) is 5.71 Å². The van der Waals surface area contributed by atoms with Crippen LogP contribution in [0.4, 0.5) is 0 Å². The number of hydrogen-bond acceptors (Lipinski definition) is 4. The van der Waals surface area contributed by atoms with Gasteiger partial charge in [0.05, 0.1) is 6.10 Å². The van der Waals surface area contributed by atoms with Gasteiger partial charge in [0.15, 0.2) is 0 Å². The Morgan fingerprint density at radius 3 is 2.83 bits per heavy atom. The van der Waals surface area contributed by atoms with E-state index in [1.807, 2.05) is 13.8 Å². The van der Waals surface area contributed by atoms with E-state index in [-0.39, 0.29) is 17.9 Å². The zero-order valence-corrected chi connectivity index (χ0v) is 11.0. The van der Waals surface area contributed by atoms with Crippen LogP contribution < -0.4 is 10.7 Å². The van der Waals surface area contributed by atoms with E-state index in [0.717, 1.165) is 12.8 Å². The molecule has 0 bridgehead atoms. The average molecular weight is 255 g/mol. The Hall–Kier alpha value is -1.43. The average Bonchev–Trinajstić information content (AvgIpc) is 2.34. The van der Waals surface area contributed by atoms with Crippen LogP contribution in [0.2, 0.25) is 0 Å². The summed E-state index contributed by atoms with van der Waals surface area (Å²) in [6.45, 7) is 5.31. The molecule has 102 valence electrons. The second-order valence-electron chi connectivity index (χ2n) is 4.48. The number of nitrogens with zero attached hydrogens (tertiary/aromatic N) is 1. The summed E-state index contributed by atoms with van der Waals surface area (Å²) in [5.74, 6) is -0.336. The minimum atomic E-state index is -0.195. The molecule has 0 radical (unpaired) electrons. The fraction of sp³-hybridized carbons (Fsp3) is 0.750. The van der Waals surface area contributed by atoms with Crippen molar-refractivity contribution in [2.24, 2.45) is 5.10 Å². The Morgan fingerprint density at radius 2 is 2.22 bits per heavy atom. The first-order valence-electron chi connectivity index (χ1n) is 6.35. The molecule has 0 saturated carbocycles. The van der Waals surface area contributed by atoms with Crippen molar-refractivity contribution in [3.63, 3.8) is 0 Å². The summed E-state index contributed by atoms with van der Waals surface area (Å²) >= 11 is 0. The van der Waals surface area contributed by atoms with Crippen LogP contribution in [0.15, 0.2) is 5.10 Å². The van der Waals surface area contributed by atoms with Crippen molar-refractivity contribution in [2.45, 2.75) is 45.6 Å². The molecule has 6 heteroatoms. The second kappa shape index (κ2) is 7.81. The molecule has 1 rings (SSSR count). The van der Waals surface area contributed by atoms with Crippen LogP contribution in [0.5, 0.6) is 0 Å². The Morgan fingerprint density at radius 1 is 1.44 bits per heavy atom. The first kappa shape index (κ1) is 14.6. The molecule has 2 N–H and O–H groups in total. The van der Waals surface area contributed by atoms with Crippen molar-refractivity contribution in [2.75, 3.05) is 13.2 Å². The number of unbranched alkanes of at least 4 members (excludes halogenated alkanes) is 1. The van der Waals surface area contributed by atoms with E-state index < -0.39 is 0 Å². The number of hydrazone groups is 1. The topological polar surface area (TPSA) is 79.8 Å². The van der Waals surface area contributed by atoms with Gasteiger partial charge in [-0.3, -0.25) is 9.59 Å². The normalized spacial score (nSPS) is 15.3. The highest BCUT2D eigenvalue weighted by Crippen LogP contribution is 1.99. The molecule has 0 atom stereocenters. The van der Waals surface area contributed by atoms with Crippen molar-refractivity contribution < 1.29 is 14.3 Å². The van der Waals surface area contributed by atoms with Gasteiger partial charge in [-0.1, -0.05) is 0 Å². The van der Waals surface area contributed by atoms with Crippen molar-refractivity contribution in [1.82, 2.24) is 10.7 Å². The van der Waals surface area contributed by atoms with Gasteiger partial charge >= 0.3 is 0 Å². The first-order chi connectivity index (χ1) is 8.59. The molecule has 6 nitrogen and oxygen atoms in total. The van der Waals surface area contributed by atoms with Crippen molar-refractivity contribution in [3.05, 3.63) is 0 Å². The lowest BCUT2D eigenvalue weighted by Gasteiger charge is -2.12. The second-order valence-corrected chi connectivity index (χ2v) is 4.48. The molecule has 1 heterocycles. The molecule has 2 amide bonds. The highest BCUT2D eigenvalue weighted by molar-refractivity contribution is 6.39. The highest BCUT2D eigenvalue weighted by Gasteiger charge is 2.17.